The minimum atomic E-state index is -0.477. The Morgan fingerprint density at radius 2 is 1.89 bits per heavy atom. The van der Waals surface area contributed by atoms with Crippen molar-refractivity contribution in [2.24, 2.45) is 5.92 Å². The first-order valence-corrected chi connectivity index (χ1v) is 8.37. The summed E-state index contributed by atoms with van der Waals surface area (Å²) in [7, 11) is 0. The number of hydrogen-bond acceptors (Lipinski definition) is 2. The molecule has 19 heavy (non-hydrogen) atoms. The highest BCUT2D eigenvalue weighted by Crippen LogP contribution is 2.33. The van der Waals surface area contributed by atoms with E-state index in [1.165, 1.54) is 28.4 Å². The summed E-state index contributed by atoms with van der Waals surface area (Å²) in [6, 6.07) is 8.54. The van der Waals surface area contributed by atoms with E-state index in [1.807, 2.05) is 0 Å². The number of hydrogen-bond donors (Lipinski definition) is 2. The van der Waals surface area contributed by atoms with Gasteiger partial charge in [0, 0.05) is 16.7 Å². The molecule has 2 N–H and O–H groups in total. The molecular formula is C16H24INO. The largest absolute Gasteiger partial charge is 0.389 e. The van der Waals surface area contributed by atoms with Gasteiger partial charge in [-0.05, 0) is 71.9 Å². The van der Waals surface area contributed by atoms with Crippen LogP contribution < -0.4 is 5.32 Å². The normalized spacial score (nSPS) is 27.4. The lowest BCUT2D eigenvalue weighted by molar-refractivity contribution is -0.00881. The van der Waals surface area contributed by atoms with E-state index < -0.39 is 5.60 Å². The topological polar surface area (TPSA) is 32.3 Å². The third-order valence-corrected chi connectivity index (χ3v) is 5.03. The lowest BCUT2D eigenvalue weighted by Gasteiger charge is -2.36. The Morgan fingerprint density at radius 1 is 1.26 bits per heavy atom. The molecule has 2 nitrogen and oxygen atoms in total. The first kappa shape index (κ1) is 15.3. The van der Waals surface area contributed by atoms with Crippen molar-refractivity contribution in [1.29, 1.82) is 0 Å². The van der Waals surface area contributed by atoms with E-state index in [9.17, 15) is 5.11 Å². The van der Waals surface area contributed by atoms with Crippen LogP contribution in [0.2, 0.25) is 0 Å². The van der Waals surface area contributed by atoms with Crippen molar-refractivity contribution in [1.82, 2.24) is 5.32 Å². The van der Waals surface area contributed by atoms with Gasteiger partial charge in [-0.2, -0.15) is 0 Å². The van der Waals surface area contributed by atoms with E-state index in [1.54, 1.807) is 0 Å². The number of halogens is 1. The van der Waals surface area contributed by atoms with Crippen molar-refractivity contribution in [3.8, 4) is 0 Å². The summed E-state index contributed by atoms with van der Waals surface area (Å²) >= 11 is 2.32. The van der Waals surface area contributed by atoms with Crippen LogP contribution in [0.25, 0.3) is 0 Å². The smallest absolute Gasteiger partial charge is 0.0771 e. The predicted octanol–water partition coefficient (Wildman–Crippen LogP) is 3.71. The van der Waals surface area contributed by atoms with E-state index in [4.69, 9.17) is 0 Å². The van der Waals surface area contributed by atoms with Crippen molar-refractivity contribution in [2.45, 2.75) is 51.2 Å². The van der Waals surface area contributed by atoms with Gasteiger partial charge in [-0.1, -0.05) is 25.5 Å². The highest BCUT2D eigenvalue weighted by atomic mass is 127. The fourth-order valence-electron chi connectivity index (χ4n) is 2.84. The highest BCUT2D eigenvalue weighted by molar-refractivity contribution is 14.1. The van der Waals surface area contributed by atoms with E-state index in [0.29, 0.717) is 0 Å². The third-order valence-electron chi connectivity index (χ3n) is 4.31. The SMILES string of the molecule is CCC1CCC(O)(CNCc2ccc(I)cc2)CC1. The van der Waals surface area contributed by atoms with Gasteiger partial charge in [0.05, 0.1) is 5.60 Å². The Kier molecular flexibility index (Phi) is 5.66. The molecule has 0 radical (unpaired) electrons. The van der Waals surface area contributed by atoms with Crippen LogP contribution in [0.1, 0.15) is 44.6 Å². The number of benzene rings is 1. The standard InChI is InChI=1S/C16H24INO/c1-2-13-7-9-16(19,10-8-13)12-18-11-14-3-5-15(17)6-4-14/h3-6,13,18-19H,2,7-12H2,1H3. The summed E-state index contributed by atoms with van der Waals surface area (Å²) in [5, 5.41) is 14.0. The van der Waals surface area contributed by atoms with Gasteiger partial charge in [-0.25, -0.2) is 0 Å². The Hall–Kier alpha value is -0.130. The van der Waals surface area contributed by atoms with Crippen molar-refractivity contribution in [2.75, 3.05) is 6.54 Å². The van der Waals surface area contributed by atoms with Gasteiger partial charge in [0.1, 0.15) is 0 Å². The second kappa shape index (κ2) is 7.04. The van der Waals surface area contributed by atoms with E-state index in [-0.39, 0.29) is 0 Å². The van der Waals surface area contributed by atoms with Crippen molar-refractivity contribution < 1.29 is 5.11 Å². The van der Waals surface area contributed by atoms with Crippen LogP contribution in [0.4, 0.5) is 0 Å². The summed E-state index contributed by atoms with van der Waals surface area (Å²) in [6.07, 6.45) is 5.51. The molecule has 0 atom stereocenters. The van der Waals surface area contributed by atoms with Crippen LogP contribution in [0, 0.1) is 9.49 Å². The van der Waals surface area contributed by atoms with Crippen molar-refractivity contribution in [3.63, 3.8) is 0 Å². The molecule has 106 valence electrons. The van der Waals surface area contributed by atoms with Crippen LogP contribution >= 0.6 is 22.6 Å². The molecule has 0 unspecified atom stereocenters. The number of rotatable bonds is 5. The zero-order valence-electron chi connectivity index (χ0n) is 11.7. The van der Waals surface area contributed by atoms with Gasteiger partial charge in [0.25, 0.3) is 0 Å². The summed E-state index contributed by atoms with van der Waals surface area (Å²) in [5.74, 6) is 0.830. The van der Waals surface area contributed by atoms with Crippen LogP contribution in [0.3, 0.4) is 0 Å². The minimum Gasteiger partial charge on any atom is -0.389 e. The molecule has 0 spiro atoms. The van der Waals surface area contributed by atoms with Crippen molar-refractivity contribution >= 4 is 22.6 Å². The molecule has 0 amide bonds. The molecule has 0 aromatic heterocycles. The first-order valence-electron chi connectivity index (χ1n) is 7.29. The Morgan fingerprint density at radius 3 is 2.47 bits per heavy atom. The second-order valence-electron chi connectivity index (χ2n) is 5.81. The van der Waals surface area contributed by atoms with E-state index >= 15 is 0 Å². The Balaban J connectivity index is 1.74. The lowest BCUT2D eigenvalue weighted by Crippen LogP contribution is -2.43. The summed E-state index contributed by atoms with van der Waals surface area (Å²) in [5.41, 5.74) is 0.806. The van der Waals surface area contributed by atoms with Gasteiger partial charge in [0.15, 0.2) is 0 Å². The fraction of sp³-hybridized carbons (Fsp3) is 0.625. The third kappa shape index (κ3) is 4.72. The van der Waals surface area contributed by atoms with Gasteiger partial charge in [-0.3, -0.25) is 0 Å². The molecule has 1 saturated carbocycles. The van der Waals surface area contributed by atoms with Crippen LogP contribution in [-0.2, 0) is 6.54 Å². The van der Waals surface area contributed by atoms with Gasteiger partial charge >= 0.3 is 0 Å². The van der Waals surface area contributed by atoms with E-state index in [2.05, 4.69) is 59.1 Å². The summed E-state index contributed by atoms with van der Waals surface area (Å²) in [6.45, 7) is 3.82. The maximum absolute atomic E-state index is 10.5. The highest BCUT2D eigenvalue weighted by Gasteiger charge is 2.31. The summed E-state index contributed by atoms with van der Waals surface area (Å²) in [4.78, 5) is 0. The monoisotopic (exact) mass is 373 g/mol. The second-order valence-corrected chi connectivity index (χ2v) is 7.05. The molecule has 1 aromatic carbocycles. The van der Waals surface area contributed by atoms with Crippen LogP contribution in [0.5, 0.6) is 0 Å². The maximum Gasteiger partial charge on any atom is 0.0771 e. The van der Waals surface area contributed by atoms with Gasteiger partial charge in [0.2, 0.25) is 0 Å². The zero-order chi connectivity index (χ0) is 13.7. The number of nitrogens with one attached hydrogen (secondary N) is 1. The molecule has 1 aromatic rings. The minimum absolute atomic E-state index is 0.477. The molecule has 0 bridgehead atoms. The van der Waals surface area contributed by atoms with Crippen molar-refractivity contribution in [3.05, 3.63) is 33.4 Å². The average molecular weight is 373 g/mol. The molecule has 1 aliphatic carbocycles. The van der Waals surface area contributed by atoms with Crippen LogP contribution in [0.15, 0.2) is 24.3 Å². The summed E-state index contributed by atoms with van der Waals surface area (Å²) < 4.78 is 1.26. The predicted molar refractivity (Wildman–Crippen MR) is 88.1 cm³/mol. The van der Waals surface area contributed by atoms with Gasteiger partial charge < -0.3 is 10.4 Å². The molecule has 2 rings (SSSR count). The Labute approximate surface area is 130 Å². The zero-order valence-corrected chi connectivity index (χ0v) is 13.8. The lowest BCUT2D eigenvalue weighted by atomic mass is 9.78. The molecule has 0 aliphatic heterocycles. The van der Waals surface area contributed by atoms with E-state index in [0.717, 1.165) is 31.8 Å². The average Bonchev–Trinajstić information content (AvgIpc) is 2.42. The molecule has 3 heteroatoms. The molecule has 0 saturated heterocycles. The Bertz CT molecular complexity index is 382. The van der Waals surface area contributed by atoms with Crippen LogP contribution in [-0.4, -0.2) is 17.3 Å². The first-order chi connectivity index (χ1) is 9.11. The molecule has 1 fully saturated rings. The quantitative estimate of drug-likeness (QED) is 0.772. The molecule has 0 heterocycles. The molecular weight excluding hydrogens is 349 g/mol. The maximum atomic E-state index is 10.5. The van der Waals surface area contributed by atoms with Gasteiger partial charge in [-0.15, -0.1) is 0 Å². The number of aliphatic hydroxyl groups is 1. The molecule has 1 aliphatic rings. The fourth-order valence-corrected chi connectivity index (χ4v) is 3.20.